The van der Waals surface area contributed by atoms with Crippen molar-refractivity contribution in [2.75, 3.05) is 19.6 Å². The molecule has 1 aromatic carbocycles. The van der Waals surface area contributed by atoms with Crippen molar-refractivity contribution in [3.63, 3.8) is 0 Å². The van der Waals surface area contributed by atoms with Crippen LogP contribution in [0.5, 0.6) is 5.75 Å². The summed E-state index contributed by atoms with van der Waals surface area (Å²) >= 11 is 0. The topological polar surface area (TPSA) is 92.8 Å². The van der Waals surface area contributed by atoms with Crippen molar-refractivity contribution in [3.05, 3.63) is 36.3 Å². The highest BCUT2D eigenvalue weighted by Crippen LogP contribution is 2.28. The number of ether oxygens (including phenoxy) is 1. The summed E-state index contributed by atoms with van der Waals surface area (Å²) in [5, 5.41) is 0.760. The minimum atomic E-state index is -4.93. The summed E-state index contributed by atoms with van der Waals surface area (Å²) in [6.45, 7) is 3.45. The Morgan fingerprint density at radius 3 is 2.63 bits per heavy atom. The van der Waals surface area contributed by atoms with Gasteiger partial charge in [-0.25, -0.2) is 21.6 Å². The number of sulfonamides is 2. The fourth-order valence-corrected chi connectivity index (χ4v) is 4.86. The Balaban J connectivity index is 2.14. The number of hydrogen-bond acceptors (Lipinski definition) is 5. The second-order valence-electron chi connectivity index (χ2n) is 5.95. The van der Waals surface area contributed by atoms with Crippen molar-refractivity contribution in [1.82, 2.24) is 9.03 Å². The Bertz CT molecular complexity index is 885. The van der Waals surface area contributed by atoms with Crippen LogP contribution in [0.2, 0.25) is 0 Å². The van der Waals surface area contributed by atoms with E-state index in [4.69, 9.17) is 0 Å². The van der Waals surface area contributed by atoms with Crippen LogP contribution < -0.4 is 9.46 Å². The van der Waals surface area contributed by atoms with Crippen LogP contribution in [0.4, 0.5) is 13.2 Å². The molecule has 1 N–H and O–H groups in total. The molecule has 1 aliphatic rings. The summed E-state index contributed by atoms with van der Waals surface area (Å²) in [6, 6.07) is 4.17. The number of halogens is 3. The van der Waals surface area contributed by atoms with Crippen LogP contribution in [0.1, 0.15) is 12.8 Å². The van der Waals surface area contributed by atoms with Gasteiger partial charge < -0.3 is 4.74 Å². The molecule has 0 aromatic heterocycles. The molecule has 1 atom stereocenters. The number of benzene rings is 1. The lowest BCUT2D eigenvalue weighted by molar-refractivity contribution is -0.274. The highest BCUT2D eigenvalue weighted by atomic mass is 32.2. The van der Waals surface area contributed by atoms with Gasteiger partial charge >= 0.3 is 6.36 Å². The lowest BCUT2D eigenvalue weighted by Crippen LogP contribution is -2.43. The van der Waals surface area contributed by atoms with Crippen LogP contribution >= 0.6 is 0 Å². The first kappa shape index (κ1) is 21.7. The van der Waals surface area contributed by atoms with Crippen LogP contribution in [-0.2, 0) is 20.0 Å². The van der Waals surface area contributed by atoms with E-state index in [2.05, 4.69) is 16.0 Å². The predicted octanol–water partition coefficient (Wildman–Crippen LogP) is 2.05. The maximum absolute atomic E-state index is 12.7. The van der Waals surface area contributed by atoms with Gasteiger partial charge in [0.25, 0.3) is 0 Å². The monoisotopic (exact) mass is 428 g/mol. The maximum atomic E-state index is 12.7. The van der Waals surface area contributed by atoms with Crippen molar-refractivity contribution in [1.29, 1.82) is 0 Å². The van der Waals surface area contributed by atoms with Crippen molar-refractivity contribution in [2.24, 2.45) is 5.92 Å². The molecule has 0 radical (unpaired) electrons. The predicted molar refractivity (Wildman–Crippen MR) is 91.7 cm³/mol. The molecular weight excluding hydrogens is 409 g/mol. The van der Waals surface area contributed by atoms with Crippen LogP contribution in [0.3, 0.4) is 0 Å². The summed E-state index contributed by atoms with van der Waals surface area (Å²) in [6.07, 6.45) is -3.82. The minimum absolute atomic E-state index is 0.0393. The first-order valence-electron chi connectivity index (χ1n) is 7.91. The average Bonchev–Trinajstić information content (AvgIpc) is 2.59. The maximum Gasteiger partial charge on any atom is 0.573 e. The third kappa shape index (κ3) is 6.19. The Labute approximate surface area is 155 Å². The number of alkyl halides is 3. The van der Waals surface area contributed by atoms with Gasteiger partial charge in [0.1, 0.15) is 5.75 Å². The lowest BCUT2D eigenvalue weighted by Gasteiger charge is -2.32. The molecule has 27 heavy (non-hydrogen) atoms. The van der Waals surface area contributed by atoms with Gasteiger partial charge in [0, 0.05) is 31.1 Å². The molecule has 1 fully saturated rings. The van der Waals surface area contributed by atoms with E-state index in [0.717, 1.165) is 27.9 Å². The summed E-state index contributed by atoms with van der Waals surface area (Å²) in [5.41, 5.74) is 0. The summed E-state index contributed by atoms with van der Waals surface area (Å²) in [7, 11) is -7.67. The molecule has 0 amide bonds. The van der Waals surface area contributed by atoms with E-state index in [1.54, 1.807) is 0 Å². The molecule has 0 bridgehead atoms. The summed E-state index contributed by atoms with van der Waals surface area (Å²) < 4.78 is 92.6. The zero-order valence-electron chi connectivity index (χ0n) is 14.1. The standard InChI is InChI=1S/C15H19F3N2O5S2/c1-2-26(21,22)19-10-12-5-4-8-20(11-12)27(23,24)14-7-3-6-13(9-14)25-15(16,17)18/h2-3,6-7,9,12,19H,1,4-5,8,10-11H2/t12-/m1/s1. The zero-order valence-corrected chi connectivity index (χ0v) is 15.8. The molecule has 2 rings (SSSR count). The van der Waals surface area contributed by atoms with E-state index < -0.39 is 32.2 Å². The van der Waals surface area contributed by atoms with Gasteiger partial charge in [-0.15, -0.1) is 13.2 Å². The third-order valence-corrected chi connectivity index (χ3v) is 6.82. The van der Waals surface area contributed by atoms with Gasteiger partial charge in [0.2, 0.25) is 20.0 Å². The largest absolute Gasteiger partial charge is 0.573 e. The van der Waals surface area contributed by atoms with Gasteiger partial charge in [-0.1, -0.05) is 12.6 Å². The molecule has 1 saturated heterocycles. The van der Waals surface area contributed by atoms with E-state index in [1.807, 2.05) is 0 Å². The Morgan fingerprint density at radius 2 is 2.00 bits per heavy atom. The molecule has 7 nitrogen and oxygen atoms in total. The highest BCUT2D eigenvalue weighted by molar-refractivity contribution is 7.92. The molecule has 0 spiro atoms. The molecule has 0 saturated carbocycles. The van der Waals surface area contributed by atoms with Crippen LogP contribution in [0.25, 0.3) is 0 Å². The van der Waals surface area contributed by atoms with E-state index in [9.17, 15) is 30.0 Å². The first-order chi connectivity index (χ1) is 12.4. The van der Waals surface area contributed by atoms with Gasteiger partial charge in [0.05, 0.1) is 4.90 Å². The molecule has 1 heterocycles. The average molecular weight is 428 g/mol. The fraction of sp³-hybridized carbons (Fsp3) is 0.467. The normalized spacial score (nSPS) is 19.6. The smallest absolute Gasteiger partial charge is 0.406 e. The molecule has 12 heteroatoms. The first-order valence-corrected chi connectivity index (χ1v) is 10.9. The van der Waals surface area contributed by atoms with E-state index >= 15 is 0 Å². The number of piperidine rings is 1. The zero-order chi connectivity index (χ0) is 20.3. The molecule has 1 aromatic rings. The number of nitrogens with zero attached hydrogens (tertiary/aromatic N) is 1. The quantitative estimate of drug-likeness (QED) is 0.718. The van der Waals surface area contributed by atoms with Gasteiger partial charge in [-0.3, -0.25) is 0 Å². The lowest BCUT2D eigenvalue weighted by atomic mass is 10.0. The van der Waals surface area contributed by atoms with E-state index in [0.29, 0.717) is 12.8 Å². The van der Waals surface area contributed by atoms with Crippen molar-refractivity contribution in [3.8, 4) is 5.75 Å². The molecule has 0 unspecified atom stereocenters. The van der Waals surface area contributed by atoms with Crippen LogP contribution in [-0.4, -0.2) is 47.1 Å². The van der Waals surface area contributed by atoms with Gasteiger partial charge in [-0.2, -0.15) is 4.31 Å². The molecule has 1 aliphatic heterocycles. The second-order valence-corrected chi connectivity index (χ2v) is 9.60. The van der Waals surface area contributed by atoms with Crippen molar-refractivity contribution >= 4 is 20.0 Å². The van der Waals surface area contributed by atoms with Crippen LogP contribution in [0, 0.1) is 5.92 Å². The van der Waals surface area contributed by atoms with Crippen molar-refractivity contribution in [2.45, 2.75) is 24.1 Å². The Morgan fingerprint density at radius 1 is 1.30 bits per heavy atom. The number of hydrogen-bond donors (Lipinski definition) is 1. The van der Waals surface area contributed by atoms with Gasteiger partial charge in [-0.05, 0) is 30.9 Å². The molecular formula is C15H19F3N2O5S2. The minimum Gasteiger partial charge on any atom is -0.406 e. The summed E-state index contributed by atoms with van der Waals surface area (Å²) in [4.78, 5) is -0.323. The van der Waals surface area contributed by atoms with Gasteiger partial charge in [0.15, 0.2) is 0 Å². The second kappa shape index (κ2) is 8.17. The molecule has 0 aliphatic carbocycles. The SMILES string of the molecule is C=CS(=O)(=O)NC[C@H]1CCCN(S(=O)(=O)c2cccc(OC(F)(F)F)c2)C1. The third-order valence-electron chi connectivity index (χ3n) is 3.95. The van der Waals surface area contributed by atoms with E-state index in [1.165, 1.54) is 6.07 Å². The van der Waals surface area contributed by atoms with E-state index in [-0.39, 0.29) is 30.4 Å². The fourth-order valence-electron chi connectivity index (χ4n) is 2.69. The summed E-state index contributed by atoms with van der Waals surface area (Å²) in [5.74, 6) is -0.895. The Kier molecular flexibility index (Phi) is 6.55. The highest BCUT2D eigenvalue weighted by Gasteiger charge is 2.33. The Hall–Kier alpha value is -1.63. The van der Waals surface area contributed by atoms with Crippen molar-refractivity contribution < 1.29 is 34.7 Å². The van der Waals surface area contributed by atoms with Crippen LogP contribution in [0.15, 0.2) is 41.1 Å². The number of nitrogens with one attached hydrogen (secondary N) is 1. The molecule has 152 valence electrons. The number of rotatable bonds is 7.